The zero-order valence-electron chi connectivity index (χ0n) is 16.5. The summed E-state index contributed by atoms with van der Waals surface area (Å²) < 4.78 is 1.79. The van der Waals surface area contributed by atoms with Crippen molar-refractivity contribution < 1.29 is 0 Å². The molecule has 30 heavy (non-hydrogen) atoms. The van der Waals surface area contributed by atoms with Crippen LogP contribution in [0.1, 0.15) is 29.3 Å². The van der Waals surface area contributed by atoms with Crippen molar-refractivity contribution in [1.29, 1.82) is 5.26 Å². The zero-order chi connectivity index (χ0) is 20.5. The highest BCUT2D eigenvalue weighted by molar-refractivity contribution is 7.14. The maximum Gasteiger partial charge on any atom is 0.151 e. The molecular formula is C21H20N8S. The molecule has 0 unspecified atom stereocenters. The molecule has 5 heterocycles. The lowest BCUT2D eigenvalue weighted by Gasteiger charge is -2.19. The van der Waals surface area contributed by atoms with Gasteiger partial charge in [-0.1, -0.05) is 11.3 Å². The van der Waals surface area contributed by atoms with Gasteiger partial charge in [-0.05, 0) is 50.2 Å². The summed E-state index contributed by atoms with van der Waals surface area (Å²) >= 11 is 1.65. The number of aromatic nitrogens is 5. The Labute approximate surface area is 177 Å². The van der Waals surface area contributed by atoms with Crippen LogP contribution in [-0.2, 0) is 0 Å². The van der Waals surface area contributed by atoms with Gasteiger partial charge in [-0.25, -0.2) is 4.52 Å². The highest BCUT2D eigenvalue weighted by Crippen LogP contribution is 2.36. The number of pyridine rings is 1. The number of anilines is 1. The molecule has 1 fully saturated rings. The first-order valence-electron chi connectivity index (χ1n) is 9.87. The van der Waals surface area contributed by atoms with E-state index >= 15 is 0 Å². The van der Waals surface area contributed by atoms with E-state index in [1.807, 2.05) is 37.5 Å². The number of rotatable bonds is 4. The highest BCUT2D eigenvalue weighted by atomic mass is 32.1. The molecule has 0 atom stereocenters. The van der Waals surface area contributed by atoms with Gasteiger partial charge in [0.2, 0.25) is 0 Å². The fourth-order valence-corrected chi connectivity index (χ4v) is 4.84. The van der Waals surface area contributed by atoms with Gasteiger partial charge >= 0.3 is 0 Å². The summed E-state index contributed by atoms with van der Waals surface area (Å²) in [4.78, 5) is 4.68. The van der Waals surface area contributed by atoms with Crippen LogP contribution in [0.5, 0.6) is 0 Å². The Morgan fingerprint density at radius 2 is 2.07 bits per heavy atom. The first kappa shape index (κ1) is 18.7. The SMILES string of the molecule is CNc1cc(-c2ccc3cc(C#N)cnn23)ncc1-c1nnc(C2CCNCC2)s1. The van der Waals surface area contributed by atoms with Gasteiger partial charge in [-0.2, -0.15) is 10.4 Å². The molecule has 4 aromatic rings. The van der Waals surface area contributed by atoms with Crippen LogP contribution in [0.25, 0.3) is 27.5 Å². The standard InChI is InChI=1S/C21H20N8S/c1-23-17-9-18(19-3-2-15-8-13(10-22)11-26-29(15)19)25-12-16(17)21-28-27-20(30-21)14-4-6-24-7-5-14/h2-3,8-9,11-12,14,24H,4-7H2,1H3,(H,23,25). The predicted octanol–water partition coefficient (Wildman–Crippen LogP) is 3.30. The summed E-state index contributed by atoms with van der Waals surface area (Å²) in [5, 5.41) is 31.0. The van der Waals surface area contributed by atoms with Crippen molar-refractivity contribution >= 4 is 22.5 Å². The average Bonchev–Trinajstić information content (AvgIpc) is 3.46. The Morgan fingerprint density at radius 3 is 2.87 bits per heavy atom. The Bertz CT molecular complexity index is 1250. The maximum atomic E-state index is 9.08. The zero-order valence-corrected chi connectivity index (χ0v) is 17.3. The lowest BCUT2D eigenvalue weighted by Crippen LogP contribution is -2.26. The molecule has 0 aliphatic carbocycles. The van der Waals surface area contributed by atoms with Gasteiger partial charge < -0.3 is 10.6 Å². The molecule has 0 spiro atoms. The van der Waals surface area contributed by atoms with E-state index in [-0.39, 0.29) is 0 Å². The van der Waals surface area contributed by atoms with Crippen LogP contribution in [0.2, 0.25) is 0 Å². The summed E-state index contributed by atoms with van der Waals surface area (Å²) in [5.41, 5.74) is 4.94. The fraction of sp³-hybridized carbons (Fsp3) is 0.286. The molecule has 5 rings (SSSR count). The van der Waals surface area contributed by atoms with E-state index in [0.717, 1.165) is 64.1 Å². The van der Waals surface area contributed by atoms with Gasteiger partial charge in [0, 0.05) is 24.8 Å². The summed E-state index contributed by atoms with van der Waals surface area (Å²) in [5.74, 6) is 0.485. The molecule has 8 nitrogen and oxygen atoms in total. The van der Waals surface area contributed by atoms with Crippen LogP contribution in [-0.4, -0.2) is 44.9 Å². The molecule has 9 heteroatoms. The first-order valence-corrected chi connectivity index (χ1v) is 10.7. The third-order valence-electron chi connectivity index (χ3n) is 5.42. The first-order chi connectivity index (χ1) is 14.8. The van der Waals surface area contributed by atoms with Gasteiger partial charge in [0.15, 0.2) is 5.01 Å². The van der Waals surface area contributed by atoms with E-state index in [9.17, 15) is 0 Å². The summed E-state index contributed by atoms with van der Waals surface area (Å²) in [7, 11) is 1.89. The van der Waals surface area contributed by atoms with Crippen LogP contribution in [0.3, 0.4) is 0 Å². The van der Waals surface area contributed by atoms with Gasteiger partial charge in [0.25, 0.3) is 0 Å². The number of fused-ring (bicyclic) bond motifs is 1. The van der Waals surface area contributed by atoms with Crippen LogP contribution in [0.4, 0.5) is 5.69 Å². The monoisotopic (exact) mass is 416 g/mol. The Balaban J connectivity index is 1.50. The van der Waals surface area contributed by atoms with E-state index in [0.29, 0.717) is 11.5 Å². The van der Waals surface area contributed by atoms with Crippen molar-refractivity contribution in [1.82, 2.24) is 30.1 Å². The maximum absolute atomic E-state index is 9.08. The Hall–Kier alpha value is -3.35. The van der Waals surface area contributed by atoms with Crippen molar-refractivity contribution in [3.05, 3.63) is 47.2 Å². The van der Waals surface area contributed by atoms with Gasteiger partial charge in [0.05, 0.1) is 34.2 Å². The molecule has 150 valence electrons. The lowest BCUT2D eigenvalue weighted by atomic mass is 9.99. The largest absolute Gasteiger partial charge is 0.387 e. The molecule has 2 N–H and O–H groups in total. The molecule has 0 radical (unpaired) electrons. The minimum atomic E-state index is 0.485. The van der Waals surface area contributed by atoms with Gasteiger partial charge in [0.1, 0.15) is 11.1 Å². The van der Waals surface area contributed by atoms with Crippen molar-refractivity contribution in [3.8, 4) is 28.0 Å². The van der Waals surface area contributed by atoms with E-state index in [2.05, 4.69) is 37.0 Å². The van der Waals surface area contributed by atoms with Crippen LogP contribution >= 0.6 is 11.3 Å². The molecule has 0 bridgehead atoms. The van der Waals surface area contributed by atoms with E-state index in [1.165, 1.54) is 0 Å². The molecule has 1 saturated heterocycles. The minimum absolute atomic E-state index is 0.485. The smallest absolute Gasteiger partial charge is 0.151 e. The topological polar surface area (TPSA) is 104 Å². The second kappa shape index (κ2) is 7.82. The third-order valence-corrected chi connectivity index (χ3v) is 6.54. The van der Waals surface area contributed by atoms with Crippen molar-refractivity contribution in [3.63, 3.8) is 0 Å². The average molecular weight is 417 g/mol. The number of nitrogens with zero attached hydrogens (tertiary/aromatic N) is 6. The van der Waals surface area contributed by atoms with E-state index in [4.69, 9.17) is 5.26 Å². The highest BCUT2D eigenvalue weighted by Gasteiger charge is 2.21. The Kier molecular flexibility index (Phi) is 4.86. The molecule has 0 amide bonds. The quantitative estimate of drug-likeness (QED) is 0.526. The minimum Gasteiger partial charge on any atom is -0.387 e. The van der Waals surface area contributed by atoms with Crippen molar-refractivity contribution in [2.45, 2.75) is 18.8 Å². The van der Waals surface area contributed by atoms with Gasteiger partial charge in [-0.3, -0.25) is 4.98 Å². The fourth-order valence-electron chi connectivity index (χ4n) is 3.80. The number of hydrogen-bond acceptors (Lipinski definition) is 8. The second-order valence-electron chi connectivity index (χ2n) is 7.25. The summed E-state index contributed by atoms with van der Waals surface area (Å²) in [6.45, 7) is 2.07. The lowest BCUT2D eigenvalue weighted by molar-refractivity contribution is 0.457. The number of hydrogen-bond donors (Lipinski definition) is 2. The normalized spacial score (nSPS) is 14.7. The summed E-state index contributed by atoms with van der Waals surface area (Å²) in [6, 6.07) is 9.84. The third kappa shape index (κ3) is 3.30. The summed E-state index contributed by atoms with van der Waals surface area (Å²) in [6.07, 6.45) is 5.61. The van der Waals surface area contributed by atoms with Crippen LogP contribution < -0.4 is 10.6 Å². The van der Waals surface area contributed by atoms with E-state index in [1.54, 1.807) is 22.0 Å². The second-order valence-corrected chi connectivity index (χ2v) is 8.26. The molecule has 0 saturated carbocycles. The Morgan fingerprint density at radius 1 is 1.20 bits per heavy atom. The van der Waals surface area contributed by atoms with Crippen LogP contribution in [0, 0.1) is 11.3 Å². The number of piperidine rings is 1. The van der Waals surface area contributed by atoms with Crippen LogP contribution in [0.15, 0.2) is 36.7 Å². The number of nitriles is 1. The number of nitrogens with one attached hydrogen (secondary N) is 2. The molecule has 0 aromatic carbocycles. The molecule has 1 aliphatic heterocycles. The van der Waals surface area contributed by atoms with Gasteiger partial charge in [-0.15, -0.1) is 10.2 Å². The van der Waals surface area contributed by atoms with E-state index < -0.39 is 0 Å². The molecule has 1 aliphatic rings. The van der Waals surface area contributed by atoms with Crippen molar-refractivity contribution in [2.75, 3.05) is 25.5 Å². The van der Waals surface area contributed by atoms with Crippen molar-refractivity contribution in [2.24, 2.45) is 0 Å². The predicted molar refractivity (Wildman–Crippen MR) is 116 cm³/mol. The molecule has 4 aromatic heterocycles. The molecular weight excluding hydrogens is 396 g/mol.